The van der Waals surface area contributed by atoms with Crippen LogP contribution in [0.2, 0.25) is 0 Å². The first-order chi connectivity index (χ1) is 12.8. The summed E-state index contributed by atoms with van der Waals surface area (Å²) < 4.78 is 31.2. The second kappa shape index (κ2) is 7.28. The third kappa shape index (κ3) is 4.20. The van der Waals surface area contributed by atoms with Gasteiger partial charge in [0, 0.05) is 31.3 Å². The van der Waals surface area contributed by atoms with Crippen LogP contribution < -0.4 is 10.2 Å². The largest absolute Gasteiger partial charge is 0.410 e. The van der Waals surface area contributed by atoms with Gasteiger partial charge in [-0.2, -0.15) is 0 Å². The van der Waals surface area contributed by atoms with Gasteiger partial charge in [0.15, 0.2) is 0 Å². The highest BCUT2D eigenvalue weighted by atomic mass is 19.1. The zero-order valence-corrected chi connectivity index (χ0v) is 14.4. The summed E-state index contributed by atoms with van der Waals surface area (Å²) in [6.07, 6.45) is 0.276. The fraction of sp³-hybridized carbons (Fsp3) is 0.278. The van der Waals surface area contributed by atoms with Crippen molar-refractivity contribution in [2.75, 3.05) is 11.4 Å². The molecule has 0 saturated carbocycles. The Hall–Kier alpha value is -3.07. The molecule has 1 atom stereocenters. The number of ether oxygens (including phenoxy) is 1. The van der Waals surface area contributed by atoms with E-state index in [9.17, 15) is 23.5 Å². The molecule has 0 unspecified atom stereocenters. The van der Waals surface area contributed by atoms with Crippen molar-refractivity contribution >= 4 is 17.7 Å². The summed E-state index contributed by atoms with van der Waals surface area (Å²) in [4.78, 5) is 29.7. The molecular formula is C18H17F2N3O4. The van der Waals surface area contributed by atoms with Crippen LogP contribution in [0.15, 0.2) is 36.5 Å². The van der Waals surface area contributed by atoms with Gasteiger partial charge >= 0.3 is 6.09 Å². The van der Waals surface area contributed by atoms with Gasteiger partial charge in [-0.15, -0.1) is 0 Å². The third-order valence-corrected chi connectivity index (χ3v) is 4.08. The molecule has 1 aromatic carbocycles. The smallest absolute Gasteiger partial charge is 0.407 e. The Kier molecular flexibility index (Phi) is 5.04. The minimum atomic E-state index is -2.32. The fourth-order valence-corrected chi connectivity index (χ4v) is 2.72. The van der Waals surface area contributed by atoms with Crippen LogP contribution >= 0.6 is 0 Å². The first-order valence-electron chi connectivity index (χ1n) is 8.16. The van der Waals surface area contributed by atoms with Crippen molar-refractivity contribution in [2.24, 2.45) is 0 Å². The highest BCUT2D eigenvalue weighted by molar-refractivity contribution is 6.01. The van der Waals surface area contributed by atoms with Crippen molar-refractivity contribution in [3.05, 3.63) is 59.4 Å². The average molecular weight is 377 g/mol. The summed E-state index contributed by atoms with van der Waals surface area (Å²) in [7, 11) is 0. The number of hydrogen-bond donors (Lipinski definition) is 2. The molecule has 2 amide bonds. The zero-order chi connectivity index (χ0) is 19.6. The molecule has 0 bridgehead atoms. The molecule has 1 fully saturated rings. The lowest BCUT2D eigenvalue weighted by molar-refractivity contribution is -0.175. The normalized spacial score (nSPS) is 19.3. The molecule has 142 valence electrons. The van der Waals surface area contributed by atoms with Gasteiger partial charge < -0.3 is 20.1 Å². The van der Waals surface area contributed by atoms with Gasteiger partial charge in [0.2, 0.25) is 0 Å². The van der Waals surface area contributed by atoms with Crippen LogP contribution in [-0.4, -0.2) is 34.4 Å². The Morgan fingerprint density at radius 2 is 2.04 bits per heavy atom. The predicted molar refractivity (Wildman–Crippen MR) is 90.6 cm³/mol. The summed E-state index contributed by atoms with van der Waals surface area (Å²) in [6.45, 7) is 1.70. The van der Waals surface area contributed by atoms with E-state index in [1.54, 1.807) is 19.1 Å². The second-order valence-electron chi connectivity index (χ2n) is 6.17. The summed E-state index contributed by atoms with van der Waals surface area (Å²) >= 11 is 0. The number of rotatable bonds is 4. The van der Waals surface area contributed by atoms with Crippen LogP contribution in [0, 0.1) is 18.6 Å². The van der Waals surface area contributed by atoms with Crippen LogP contribution in [0.3, 0.4) is 0 Å². The fourth-order valence-electron chi connectivity index (χ4n) is 2.72. The number of pyridine rings is 1. The van der Waals surface area contributed by atoms with Crippen LogP contribution in [0.5, 0.6) is 0 Å². The van der Waals surface area contributed by atoms with E-state index in [1.165, 1.54) is 11.1 Å². The quantitative estimate of drug-likeness (QED) is 0.796. The molecule has 2 heterocycles. The Morgan fingerprint density at radius 1 is 1.33 bits per heavy atom. The SMILES string of the molecule is Cc1ccc(N2CC[C@@](O)(OC(=O)NCc3cc(F)cc(F)c3)C2=O)cn1. The number of aliphatic hydroxyl groups is 1. The van der Waals surface area contributed by atoms with Gasteiger partial charge in [0.1, 0.15) is 11.6 Å². The van der Waals surface area contributed by atoms with Crippen molar-refractivity contribution in [3.63, 3.8) is 0 Å². The molecule has 0 spiro atoms. The lowest BCUT2D eigenvalue weighted by Gasteiger charge is -2.22. The number of benzene rings is 1. The van der Waals surface area contributed by atoms with Gasteiger partial charge in [-0.05, 0) is 36.8 Å². The van der Waals surface area contributed by atoms with Crippen molar-refractivity contribution < 1.29 is 28.2 Å². The first kappa shape index (κ1) is 18.7. The maximum atomic E-state index is 13.1. The van der Waals surface area contributed by atoms with E-state index in [2.05, 4.69) is 10.3 Å². The lowest BCUT2D eigenvalue weighted by Crippen LogP contribution is -2.46. The number of anilines is 1. The van der Waals surface area contributed by atoms with E-state index >= 15 is 0 Å². The number of carbonyl (C=O) groups excluding carboxylic acids is 2. The van der Waals surface area contributed by atoms with Crippen molar-refractivity contribution in [1.82, 2.24) is 10.3 Å². The molecule has 0 aliphatic carbocycles. The highest BCUT2D eigenvalue weighted by Gasteiger charge is 2.49. The molecule has 1 saturated heterocycles. The number of nitrogens with zero attached hydrogens (tertiary/aromatic N) is 2. The molecule has 1 aromatic heterocycles. The van der Waals surface area contributed by atoms with E-state index in [4.69, 9.17) is 4.74 Å². The number of halogens is 2. The number of carbonyl (C=O) groups is 2. The van der Waals surface area contributed by atoms with E-state index in [0.717, 1.165) is 17.8 Å². The Labute approximate surface area is 153 Å². The summed E-state index contributed by atoms with van der Waals surface area (Å²) in [6, 6.07) is 6.18. The van der Waals surface area contributed by atoms with Crippen molar-refractivity contribution in [2.45, 2.75) is 25.7 Å². The van der Waals surface area contributed by atoms with Crippen molar-refractivity contribution in [1.29, 1.82) is 0 Å². The minimum Gasteiger partial charge on any atom is -0.407 e. The summed E-state index contributed by atoms with van der Waals surface area (Å²) in [5.74, 6) is -4.68. The minimum absolute atomic E-state index is 0.123. The number of aryl methyl sites for hydroxylation is 1. The monoisotopic (exact) mass is 377 g/mol. The molecule has 27 heavy (non-hydrogen) atoms. The molecule has 3 rings (SSSR count). The van der Waals surface area contributed by atoms with E-state index in [1.807, 2.05) is 0 Å². The molecule has 1 aliphatic rings. The molecule has 1 aliphatic heterocycles. The molecule has 7 nitrogen and oxygen atoms in total. The molecule has 0 radical (unpaired) electrons. The molecule has 2 N–H and O–H groups in total. The van der Waals surface area contributed by atoms with Gasteiger partial charge in [0.25, 0.3) is 11.7 Å². The zero-order valence-electron chi connectivity index (χ0n) is 14.4. The van der Waals surface area contributed by atoms with E-state index in [-0.39, 0.29) is 25.1 Å². The number of hydrogen-bond acceptors (Lipinski definition) is 5. The molecule has 2 aromatic rings. The number of aromatic nitrogens is 1. The van der Waals surface area contributed by atoms with Gasteiger partial charge in [-0.1, -0.05) is 0 Å². The van der Waals surface area contributed by atoms with Gasteiger partial charge in [-0.25, -0.2) is 13.6 Å². The topological polar surface area (TPSA) is 91.8 Å². The van der Waals surface area contributed by atoms with Gasteiger partial charge in [-0.3, -0.25) is 9.78 Å². The standard InChI is InChI=1S/C18H17F2N3O4/c1-11-2-3-15(10-21-11)23-5-4-18(26,16(23)24)27-17(25)22-9-12-6-13(19)8-14(20)7-12/h2-3,6-8,10,26H,4-5,9H2,1H3,(H,22,25)/t18-/m1/s1. The van der Waals surface area contributed by atoms with Gasteiger partial charge in [0.05, 0.1) is 11.9 Å². The molecular weight excluding hydrogens is 360 g/mol. The van der Waals surface area contributed by atoms with Crippen LogP contribution in [0.25, 0.3) is 0 Å². The summed E-state index contributed by atoms with van der Waals surface area (Å²) in [5.41, 5.74) is 1.41. The molecule has 9 heteroatoms. The highest BCUT2D eigenvalue weighted by Crippen LogP contribution is 2.29. The Morgan fingerprint density at radius 3 is 2.67 bits per heavy atom. The summed E-state index contributed by atoms with van der Waals surface area (Å²) in [5, 5.41) is 12.6. The average Bonchev–Trinajstić information content (AvgIpc) is 2.88. The third-order valence-electron chi connectivity index (χ3n) is 4.08. The van der Waals surface area contributed by atoms with E-state index in [0.29, 0.717) is 11.8 Å². The van der Waals surface area contributed by atoms with E-state index < -0.39 is 29.4 Å². The number of alkyl carbamates (subject to hydrolysis) is 1. The maximum Gasteiger partial charge on any atom is 0.410 e. The van der Waals surface area contributed by atoms with Crippen LogP contribution in [0.1, 0.15) is 17.7 Å². The number of nitrogens with one attached hydrogen (secondary N) is 1. The predicted octanol–water partition coefficient (Wildman–Crippen LogP) is 2.02. The van der Waals surface area contributed by atoms with Crippen LogP contribution in [0.4, 0.5) is 19.3 Å². The second-order valence-corrected chi connectivity index (χ2v) is 6.17. The van der Waals surface area contributed by atoms with Crippen molar-refractivity contribution in [3.8, 4) is 0 Å². The maximum absolute atomic E-state index is 13.1. The lowest BCUT2D eigenvalue weighted by atomic mass is 10.2. The number of amides is 2. The Balaban J connectivity index is 1.61. The first-order valence-corrected chi connectivity index (χ1v) is 8.16. The van der Waals surface area contributed by atoms with Crippen LogP contribution in [-0.2, 0) is 16.1 Å². The Bertz CT molecular complexity index is 855.